The van der Waals surface area contributed by atoms with E-state index in [-0.39, 0.29) is 11.2 Å². The van der Waals surface area contributed by atoms with Crippen LogP contribution >= 0.6 is 0 Å². The van der Waals surface area contributed by atoms with Gasteiger partial charge < -0.3 is 11.1 Å². The van der Waals surface area contributed by atoms with Crippen LogP contribution in [0.25, 0.3) is 0 Å². The normalized spacial score (nSPS) is 17.6. The Balaban J connectivity index is 1.98. The third-order valence-electron chi connectivity index (χ3n) is 2.93. The number of anilines is 1. The molecule has 6 nitrogen and oxygen atoms in total. The number of rotatable bonds is 4. The van der Waals surface area contributed by atoms with Crippen LogP contribution in [0.3, 0.4) is 0 Å². The molecule has 0 saturated heterocycles. The first-order valence-electron chi connectivity index (χ1n) is 5.22. The Morgan fingerprint density at radius 2 is 2.38 bits per heavy atom. The number of aromatic nitrogens is 1. The lowest BCUT2D eigenvalue weighted by atomic mass is 9.78. The summed E-state index contributed by atoms with van der Waals surface area (Å²) in [5, 5.41) is 13.6. The van der Waals surface area contributed by atoms with Crippen molar-refractivity contribution in [2.75, 3.05) is 11.9 Å². The van der Waals surface area contributed by atoms with E-state index >= 15 is 0 Å². The zero-order valence-corrected chi connectivity index (χ0v) is 8.85. The van der Waals surface area contributed by atoms with Crippen LogP contribution in [0.15, 0.2) is 18.3 Å². The van der Waals surface area contributed by atoms with Gasteiger partial charge in [0, 0.05) is 24.3 Å². The van der Waals surface area contributed by atoms with Crippen LogP contribution in [-0.4, -0.2) is 22.0 Å². The van der Waals surface area contributed by atoms with Crippen molar-refractivity contribution in [3.8, 4) is 0 Å². The Kier molecular flexibility index (Phi) is 2.74. The summed E-state index contributed by atoms with van der Waals surface area (Å²) in [6.45, 7) is 0.612. The van der Waals surface area contributed by atoms with Gasteiger partial charge in [-0.1, -0.05) is 0 Å². The van der Waals surface area contributed by atoms with E-state index in [1.54, 1.807) is 0 Å². The molecule has 16 heavy (non-hydrogen) atoms. The Morgan fingerprint density at radius 1 is 1.62 bits per heavy atom. The smallest absolute Gasteiger partial charge is 0.274 e. The molecule has 0 amide bonds. The molecule has 2 rings (SSSR count). The molecule has 0 atom stereocenters. The predicted octanol–water partition coefficient (Wildman–Crippen LogP) is 1.28. The second-order valence-electron chi connectivity index (χ2n) is 4.23. The summed E-state index contributed by atoms with van der Waals surface area (Å²) >= 11 is 0. The fourth-order valence-corrected chi connectivity index (χ4v) is 1.70. The van der Waals surface area contributed by atoms with E-state index in [1.165, 1.54) is 18.3 Å². The maximum atomic E-state index is 10.5. The van der Waals surface area contributed by atoms with E-state index in [9.17, 15) is 10.1 Å². The second kappa shape index (κ2) is 4.05. The van der Waals surface area contributed by atoms with E-state index in [0.717, 1.165) is 19.3 Å². The number of nitro groups is 1. The first-order valence-corrected chi connectivity index (χ1v) is 5.22. The van der Waals surface area contributed by atoms with Crippen molar-refractivity contribution in [1.82, 2.24) is 4.98 Å². The molecule has 0 aromatic carbocycles. The van der Waals surface area contributed by atoms with Crippen LogP contribution in [-0.2, 0) is 0 Å². The lowest BCUT2D eigenvalue weighted by Crippen LogP contribution is -2.52. The quantitative estimate of drug-likeness (QED) is 0.591. The lowest BCUT2D eigenvalue weighted by molar-refractivity contribution is -0.384. The van der Waals surface area contributed by atoms with Gasteiger partial charge in [-0.15, -0.1) is 0 Å². The molecular weight excluding hydrogens is 208 g/mol. The highest BCUT2D eigenvalue weighted by atomic mass is 16.6. The third kappa shape index (κ3) is 2.27. The highest BCUT2D eigenvalue weighted by molar-refractivity contribution is 5.44. The monoisotopic (exact) mass is 222 g/mol. The minimum atomic E-state index is -0.436. The summed E-state index contributed by atoms with van der Waals surface area (Å²) in [7, 11) is 0. The highest BCUT2D eigenvalue weighted by Gasteiger charge is 2.32. The van der Waals surface area contributed by atoms with Gasteiger partial charge >= 0.3 is 0 Å². The SMILES string of the molecule is NC1(CNc2cc([N+](=O)[O-])ccn2)CCC1. The molecule has 0 radical (unpaired) electrons. The standard InChI is InChI=1S/C10H14N4O2/c11-10(3-1-4-10)7-13-9-6-8(14(15)16)2-5-12-9/h2,5-6H,1,3-4,7,11H2,(H,12,13). The van der Waals surface area contributed by atoms with Gasteiger partial charge in [0.1, 0.15) is 5.82 Å². The number of nitrogens with zero attached hydrogens (tertiary/aromatic N) is 2. The molecule has 1 aromatic heterocycles. The maximum Gasteiger partial charge on any atom is 0.274 e. The summed E-state index contributed by atoms with van der Waals surface area (Å²) in [5.74, 6) is 0.505. The van der Waals surface area contributed by atoms with Gasteiger partial charge in [-0.3, -0.25) is 10.1 Å². The molecule has 0 spiro atoms. The molecule has 3 N–H and O–H groups in total. The number of nitrogens with two attached hydrogens (primary N) is 1. The molecule has 6 heteroatoms. The summed E-state index contributed by atoms with van der Waals surface area (Å²) in [6.07, 6.45) is 4.56. The van der Waals surface area contributed by atoms with Crippen LogP contribution < -0.4 is 11.1 Å². The molecule has 1 aliphatic carbocycles. The van der Waals surface area contributed by atoms with E-state index in [2.05, 4.69) is 10.3 Å². The summed E-state index contributed by atoms with van der Waals surface area (Å²) in [4.78, 5) is 14.1. The number of hydrogen-bond donors (Lipinski definition) is 2. The van der Waals surface area contributed by atoms with Gasteiger partial charge in [-0.05, 0) is 19.3 Å². The van der Waals surface area contributed by atoms with Crippen molar-refractivity contribution in [2.24, 2.45) is 5.73 Å². The molecule has 1 aromatic rings. The molecule has 0 unspecified atom stereocenters. The van der Waals surface area contributed by atoms with Crippen molar-refractivity contribution >= 4 is 11.5 Å². The molecular formula is C10H14N4O2. The van der Waals surface area contributed by atoms with E-state index in [0.29, 0.717) is 12.4 Å². The first-order chi connectivity index (χ1) is 7.59. The van der Waals surface area contributed by atoms with Gasteiger partial charge in [0.25, 0.3) is 5.69 Å². The summed E-state index contributed by atoms with van der Waals surface area (Å²) in [6, 6.07) is 2.79. The van der Waals surface area contributed by atoms with Crippen LogP contribution in [0, 0.1) is 10.1 Å². The van der Waals surface area contributed by atoms with Gasteiger partial charge in [0.15, 0.2) is 0 Å². The largest absolute Gasteiger partial charge is 0.368 e. The van der Waals surface area contributed by atoms with Gasteiger partial charge in [-0.2, -0.15) is 0 Å². The van der Waals surface area contributed by atoms with Crippen molar-refractivity contribution in [1.29, 1.82) is 0 Å². The Hall–Kier alpha value is -1.69. The van der Waals surface area contributed by atoms with Crippen LogP contribution in [0.5, 0.6) is 0 Å². The number of pyridine rings is 1. The Bertz CT molecular complexity index is 404. The number of nitrogens with one attached hydrogen (secondary N) is 1. The molecule has 0 aliphatic heterocycles. The van der Waals surface area contributed by atoms with Crippen molar-refractivity contribution < 1.29 is 4.92 Å². The molecule has 1 aliphatic rings. The third-order valence-corrected chi connectivity index (χ3v) is 2.93. The van der Waals surface area contributed by atoms with Crippen molar-refractivity contribution in [3.63, 3.8) is 0 Å². The molecule has 1 saturated carbocycles. The van der Waals surface area contributed by atoms with Gasteiger partial charge in [0.2, 0.25) is 0 Å². The Morgan fingerprint density at radius 3 is 2.94 bits per heavy atom. The first kappa shape index (κ1) is 10.8. The molecule has 1 heterocycles. The van der Waals surface area contributed by atoms with Crippen LogP contribution in [0.1, 0.15) is 19.3 Å². The van der Waals surface area contributed by atoms with Crippen LogP contribution in [0.4, 0.5) is 11.5 Å². The zero-order chi connectivity index (χ0) is 11.6. The Labute approximate surface area is 93.0 Å². The average molecular weight is 222 g/mol. The summed E-state index contributed by atoms with van der Waals surface area (Å²) < 4.78 is 0. The average Bonchev–Trinajstić information content (AvgIpc) is 2.24. The topological polar surface area (TPSA) is 94.1 Å². The second-order valence-corrected chi connectivity index (χ2v) is 4.23. The maximum absolute atomic E-state index is 10.5. The zero-order valence-electron chi connectivity index (χ0n) is 8.85. The van der Waals surface area contributed by atoms with E-state index in [4.69, 9.17) is 5.73 Å². The molecule has 86 valence electrons. The minimum absolute atomic E-state index is 0.0391. The lowest BCUT2D eigenvalue weighted by Gasteiger charge is -2.38. The van der Waals surface area contributed by atoms with Crippen molar-refractivity contribution in [2.45, 2.75) is 24.8 Å². The number of hydrogen-bond acceptors (Lipinski definition) is 5. The van der Waals surface area contributed by atoms with E-state index in [1.807, 2.05) is 0 Å². The van der Waals surface area contributed by atoms with Crippen molar-refractivity contribution in [3.05, 3.63) is 28.4 Å². The molecule has 0 bridgehead atoms. The fourth-order valence-electron chi connectivity index (χ4n) is 1.70. The van der Waals surface area contributed by atoms with Gasteiger partial charge in [0.05, 0.1) is 11.0 Å². The summed E-state index contributed by atoms with van der Waals surface area (Å²) in [5.41, 5.74) is 5.90. The van der Waals surface area contributed by atoms with Gasteiger partial charge in [-0.25, -0.2) is 4.98 Å². The highest BCUT2D eigenvalue weighted by Crippen LogP contribution is 2.29. The minimum Gasteiger partial charge on any atom is -0.368 e. The predicted molar refractivity (Wildman–Crippen MR) is 60.2 cm³/mol. The fraction of sp³-hybridized carbons (Fsp3) is 0.500. The molecule has 1 fully saturated rings. The van der Waals surface area contributed by atoms with Crippen LogP contribution in [0.2, 0.25) is 0 Å². The van der Waals surface area contributed by atoms with E-state index < -0.39 is 4.92 Å².